The van der Waals surface area contributed by atoms with Gasteiger partial charge >= 0.3 is 0 Å². The van der Waals surface area contributed by atoms with Crippen molar-refractivity contribution in [3.05, 3.63) is 66.0 Å². The molecule has 1 fully saturated rings. The number of benzene rings is 2. The van der Waals surface area contributed by atoms with Crippen LogP contribution in [0, 0.1) is 17.1 Å². The molecule has 1 saturated heterocycles. The summed E-state index contributed by atoms with van der Waals surface area (Å²) in [5, 5.41) is 10.5. The van der Waals surface area contributed by atoms with Crippen LogP contribution in [0.5, 0.6) is 5.75 Å². The van der Waals surface area contributed by atoms with Gasteiger partial charge in [0.25, 0.3) is 0 Å². The van der Waals surface area contributed by atoms with Crippen LogP contribution >= 0.6 is 11.8 Å². The van der Waals surface area contributed by atoms with Crippen LogP contribution in [0.25, 0.3) is 22.4 Å². The molecule has 1 aromatic heterocycles. The summed E-state index contributed by atoms with van der Waals surface area (Å²) in [4.78, 5) is 19.3. The lowest BCUT2D eigenvalue weighted by Gasteiger charge is -2.26. The quantitative estimate of drug-likeness (QED) is 0.451. The normalized spacial score (nSPS) is 13.4. The average Bonchev–Trinajstić information content (AvgIpc) is 2.87. The maximum atomic E-state index is 13.5. The first-order valence-electron chi connectivity index (χ1n) is 10.8. The van der Waals surface area contributed by atoms with Crippen molar-refractivity contribution in [2.24, 2.45) is 0 Å². The van der Waals surface area contributed by atoms with E-state index >= 15 is 0 Å². The number of ether oxygens (including phenoxy) is 1. The molecule has 0 radical (unpaired) electrons. The van der Waals surface area contributed by atoms with E-state index in [1.165, 1.54) is 23.9 Å². The lowest BCUT2D eigenvalue weighted by molar-refractivity contribution is -0.129. The van der Waals surface area contributed by atoms with Crippen LogP contribution in [0.3, 0.4) is 0 Å². The van der Waals surface area contributed by atoms with E-state index in [9.17, 15) is 14.4 Å². The van der Waals surface area contributed by atoms with Crippen molar-refractivity contribution in [1.82, 2.24) is 9.88 Å². The number of carbonyl (C=O) groups excluding carboxylic acids is 1. The number of carbonyl (C=O) groups is 1. The smallest absolute Gasteiger partial charge is 0.232 e. The van der Waals surface area contributed by atoms with Gasteiger partial charge < -0.3 is 9.64 Å². The van der Waals surface area contributed by atoms with E-state index in [1.807, 2.05) is 35.2 Å². The molecular weight excluding hydrogens is 437 g/mol. The van der Waals surface area contributed by atoms with Gasteiger partial charge in [0, 0.05) is 24.2 Å². The molecule has 7 heteroatoms. The number of amides is 1. The van der Waals surface area contributed by atoms with Crippen LogP contribution in [0.1, 0.15) is 24.8 Å². The third-order valence-electron chi connectivity index (χ3n) is 5.68. The highest BCUT2D eigenvalue weighted by Crippen LogP contribution is 2.35. The third kappa shape index (κ3) is 5.35. The number of rotatable bonds is 6. The van der Waals surface area contributed by atoms with Gasteiger partial charge in [-0.3, -0.25) is 4.79 Å². The van der Waals surface area contributed by atoms with E-state index in [0.29, 0.717) is 27.6 Å². The topological polar surface area (TPSA) is 66.2 Å². The predicted octanol–water partition coefficient (Wildman–Crippen LogP) is 5.54. The Morgan fingerprint density at radius 3 is 2.39 bits per heavy atom. The zero-order valence-corrected chi connectivity index (χ0v) is 19.2. The highest BCUT2D eigenvalue weighted by atomic mass is 32.2. The van der Waals surface area contributed by atoms with Crippen LogP contribution in [-0.4, -0.2) is 41.7 Å². The minimum absolute atomic E-state index is 0.0589. The van der Waals surface area contributed by atoms with Gasteiger partial charge in [0.05, 0.1) is 24.1 Å². The summed E-state index contributed by atoms with van der Waals surface area (Å²) >= 11 is 1.28. The Morgan fingerprint density at radius 1 is 1.09 bits per heavy atom. The molecule has 1 amide bonds. The number of methoxy groups -OCH3 is 1. The Kier molecular flexibility index (Phi) is 7.26. The molecule has 0 atom stereocenters. The van der Waals surface area contributed by atoms with Gasteiger partial charge in [-0.1, -0.05) is 23.9 Å². The maximum absolute atomic E-state index is 13.5. The molecule has 4 rings (SSSR count). The van der Waals surface area contributed by atoms with Crippen molar-refractivity contribution in [3.63, 3.8) is 0 Å². The van der Waals surface area contributed by atoms with E-state index in [1.54, 1.807) is 19.2 Å². The molecule has 0 bridgehead atoms. The highest BCUT2D eigenvalue weighted by Gasteiger charge is 2.20. The number of nitriles is 1. The third-order valence-corrected chi connectivity index (χ3v) is 6.64. The summed E-state index contributed by atoms with van der Waals surface area (Å²) in [5.41, 5.74) is 3.32. The molecule has 1 aliphatic heterocycles. The molecule has 2 aromatic carbocycles. The second-order valence-electron chi connectivity index (χ2n) is 7.81. The number of hydrogen-bond acceptors (Lipinski definition) is 5. The van der Waals surface area contributed by atoms with E-state index in [4.69, 9.17) is 9.72 Å². The zero-order chi connectivity index (χ0) is 23.2. The first kappa shape index (κ1) is 22.8. The Morgan fingerprint density at radius 2 is 1.76 bits per heavy atom. The van der Waals surface area contributed by atoms with Crippen molar-refractivity contribution in [2.45, 2.75) is 24.3 Å². The van der Waals surface area contributed by atoms with Crippen LogP contribution in [-0.2, 0) is 4.79 Å². The van der Waals surface area contributed by atoms with Gasteiger partial charge in [0.1, 0.15) is 22.7 Å². The van der Waals surface area contributed by atoms with Crippen LogP contribution in [0.15, 0.2) is 59.6 Å². The molecule has 0 saturated carbocycles. The number of halogens is 1. The number of aromatic nitrogens is 1. The number of piperidine rings is 1. The second kappa shape index (κ2) is 10.5. The zero-order valence-electron chi connectivity index (χ0n) is 18.4. The van der Waals surface area contributed by atoms with Crippen LogP contribution < -0.4 is 4.74 Å². The number of thioether (sulfide) groups is 1. The summed E-state index contributed by atoms with van der Waals surface area (Å²) in [6.07, 6.45) is 3.21. The van der Waals surface area contributed by atoms with Gasteiger partial charge in [-0.05, 0) is 67.3 Å². The summed E-state index contributed by atoms with van der Waals surface area (Å²) in [5.74, 6) is 0.663. The van der Waals surface area contributed by atoms with Gasteiger partial charge in [0.2, 0.25) is 5.91 Å². The summed E-state index contributed by atoms with van der Waals surface area (Å²) < 4.78 is 18.7. The summed E-state index contributed by atoms with van der Waals surface area (Å²) in [7, 11) is 1.60. The molecule has 2 heterocycles. The second-order valence-corrected chi connectivity index (χ2v) is 8.78. The Hall–Kier alpha value is -3.37. The summed E-state index contributed by atoms with van der Waals surface area (Å²) in [6.45, 7) is 1.56. The maximum Gasteiger partial charge on any atom is 0.232 e. The largest absolute Gasteiger partial charge is 0.497 e. The first-order chi connectivity index (χ1) is 16.1. The van der Waals surface area contributed by atoms with Crippen molar-refractivity contribution in [3.8, 4) is 34.2 Å². The number of hydrogen-bond donors (Lipinski definition) is 0. The van der Waals surface area contributed by atoms with E-state index < -0.39 is 0 Å². The summed E-state index contributed by atoms with van der Waals surface area (Å²) in [6, 6.07) is 17.7. The molecule has 3 aromatic rings. The first-order valence-corrected chi connectivity index (χ1v) is 11.8. The minimum Gasteiger partial charge on any atom is -0.497 e. The van der Waals surface area contributed by atoms with Crippen molar-refractivity contribution in [1.29, 1.82) is 5.26 Å². The fraction of sp³-hybridized carbons (Fsp3) is 0.269. The predicted molar refractivity (Wildman–Crippen MR) is 127 cm³/mol. The monoisotopic (exact) mass is 461 g/mol. The standard InChI is InChI=1S/C26H24FN3O2S/c1-32-21-11-7-18(8-12-21)22-15-24(19-5-9-20(27)10-6-19)29-26(23(22)16-28)33-17-25(31)30-13-3-2-4-14-30/h5-12,15H,2-4,13-14,17H2,1H3. The lowest BCUT2D eigenvalue weighted by atomic mass is 9.99. The molecule has 0 unspecified atom stereocenters. The number of nitrogens with zero attached hydrogens (tertiary/aromatic N) is 3. The molecule has 0 spiro atoms. The SMILES string of the molecule is COc1ccc(-c2cc(-c3ccc(F)cc3)nc(SCC(=O)N3CCCCC3)c2C#N)cc1. The van der Waals surface area contributed by atoms with Gasteiger partial charge in [-0.25, -0.2) is 9.37 Å². The lowest BCUT2D eigenvalue weighted by Crippen LogP contribution is -2.36. The Balaban J connectivity index is 1.72. The number of pyridine rings is 1. The average molecular weight is 462 g/mol. The van der Waals surface area contributed by atoms with Crippen molar-refractivity contribution >= 4 is 17.7 Å². The van der Waals surface area contributed by atoms with Gasteiger partial charge in [-0.2, -0.15) is 5.26 Å². The molecule has 33 heavy (non-hydrogen) atoms. The van der Waals surface area contributed by atoms with E-state index in [-0.39, 0.29) is 17.5 Å². The number of likely N-dealkylation sites (tertiary alicyclic amines) is 1. The van der Waals surface area contributed by atoms with Gasteiger partial charge in [-0.15, -0.1) is 0 Å². The van der Waals surface area contributed by atoms with Crippen LogP contribution in [0.2, 0.25) is 0 Å². The molecule has 0 aliphatic carbocycles. The minimum atomic E-state index is -0.329. The fourth-order valence-corrected chi connectivity index (χ4v) is 4.77. The van der Waals surface area contributed by atoms with Crippen molar-refractivity contribution < 1.29 is 13.9 Å². The van der Waals surface area contributed by atoms with Gasteiger partial charge in [0.15, 0.2) is 0 Å². The molecule has 0 N–H and O–H groups in total. The molecular formula is C26H24FN3O2S. The Labute approximate surface area is 197 Å². The highest BCUT2D eigenvalue weighted by molar-refractivity contribution is 8.00. The van der Waals surface area contributed by atoms with Crippen LogP contribution in [0.4, 0.5) is 4.39 Å². The molecule has 1 aliphatic rings. The van der Waals surface area contributed by atoms with E-state index in [0.717, 1.165) is 43.5 Å². The fourth-order valence-electron chi connectivity index (χ4n) is 3.87. The van der Waals surface area contributed by atoms with E-state index in [2.05, 4.69) is 6.07 Å². The van der Waals surface area contributed by atoms with Crippen molar-refractivity contribution in [2.75, 3.05) is 26.0 Å². The molecule has 168 valence electrons. The Bertz CT molecular complexity index is 1170. The molecule has 5 nitrogen and oxygen atoms in total.